The number of nitrogens with zero attached hydrogens (tertiary/aromatic N) is 1. The van der Waals surface area contributed by atoms with Crippen LogP contribution in [0, 0.1) is 0 Å². The van der Waals surface area contributed by atoms with E-state index in [4.69, 9.17) is 0 Å². The van der Waals surface area contributed by atoms with Crippen LogP contribution in [0.3, 0.4) is 0 Å². The Morgan fingerprint density at radius 3 is 2.88 bits per heavy atom. The van der Waals surface area contributed by atoms with Gasteiger partial charge in [0.2, 0.25) is 0 Å². The number of hydrogen-bond donors (Lipinski definition) is 0. The summed E-state index contributed by atoms with van der Waals surface area (Å²) in [6.07, 6.45) is 3.66. The van der Waals surface area contributed by atoms with Gasteiger partial charge in [-0.2, -0.15) is 0 Å². The minimum absolute atomic E-state index is 1.01. The molecule has 0 aliphatic carbocycles. The average Bonchev–Trinajstić information content (AvgIpc) is 1.90. The van der Waals surface area contributed by atoms with Crippen LogP contribution < -0.4 is 0 Å². The van der Waals surface area contributed by atoms with Gasteiger partial charge < -0.3 is 0 Å². The Morgan fingerprint density at radius 2 is 2.50 bits per heavy atom. The van der Waals surface area contributed by atoms with Gasteiger partial charge in [-0.1, -0.05) is 0 Å². The van der Waals surface area contributed by atoms with Crippen LogP contribution in [0.5, 0.6) is 0 Å². The first-order valence-corrected chi connectivity index (χ1v) is 3.76. The first kappa shape index (κ1) is 5.84. The molecule has 0 aromatic carbocycles. The van der Waals surface area contributed by atoms with Crippen molar-refractivity contribution in [2.24, 2.45) is 0 Å². The van der Waals surface area contributed by atoms with Gasteiger partial charge in [0.25, 0.3) is 0 Å². The molecule has 1 nitrogen and oxygen atoms in total. The maximum atomic E-state index is 3.95. The van der Waals surface area contributed by atoms with Gasteiger partial charge in [0.1, 0.15) is 0 Å². The summed E-state index contributed by atoms with van der Waals surface area (Å²) in [5, 5.41) is 1.01. The van der Waals surface area contributed by atoms with E-state index in [2.05, 4.69) is 27.9 Å². The number of aromatic nitrogens is 1. The van der Waals surface area contributed by atoms with Crippen molar-refractivity contribution in [2.45, 2.75) is 5.21 Å². The van der Waals surface area contributed by atoms with Crippen molar-refractivity contribution in [2.75, 3.05) is 0 Å². The standard InChI is InChI=1S/C6H6AsN/c7-4-6-2-1-3-8-5-6/h1-3,5H,4H2. The van der Waals surface area contributed by atoms with Crippen LogP contribution in [0.1, 0.15) is 5.56 Å². The molecule has 40 valence electrons. The molecule has 0 aliphatic rings. The van der Waals surface area contributed by atoms with Gasteiger partial charge >= 0.3 is 57.1 Å². The van der Waals surface area contributed by atoms with E-state index in [1.54, 1.807) is 6.20 Å². The van der Waals surface area contributed by atoms with Crippen molar-refractivity contribution in [3.8, 4) is 0 Å². The van der Waals surface area contributed by atoms with E-state index in [9.17, 15) is 0 Å². The summed E-state index contributed by atoms with van der Waals surface area (Å²) in [5.41, 5.74) is 1.27. The second kappa shape index (κ2) is 2.88. The second-order valence-electron chi connectivity index (χ2n) is 1.52. The molecule has 0 N–H and O–H groups in total. The summed E-state index contributed by atoms with van der Waals surface area (Å²) in [4.78, 5) is 3.95. The zero-order valence-corrected chi connectivity index (χ0v) is 6.29. The minimum atomic E-state index is 1.01. The first-order chi connectivity index (χ1) is 3.93. The molecule has 2 radical (unpaired) electrons. The zero-order valence-electron chi connectivity index (χ0n) is 4.41. The van der Waals surface area contributed by atoms with Gasteiger partial charge in [0, 0.05) is 0 Å². The molecule has 0 saturated heterocycles. The van der Waals surface area contributed by atoms with Gasteiger partial charge in [-0.05, 0) is 0 Å². The molecule has 0 unspecified atom stereocenters. The first-order valence-electron chi connectivity index (χ1n) is 2.43. The molecule has 1 aromatic heterocycles. The molecule has 0 fully saturated rings. The molecule has 0 saturated carbocycles. The van der Waals surface area contributed by atoms with E-state index in [0.717, 1.165) is 5.21 Å². The van der Waals surface area contributed by atoms with Crippen molar-refractivity contribution >= 4 is 16.9 Å². The van der Waals surface area contributed by atoms with Gasteiger partial charge in [-0.15, -0.1) is 0 Å². The predicted molar refractivity (Wildman–Crippen MR) is 33.7 cm³/mol. The van der Waals surface area contributed by atoms with Gasteiger partial charge in [0.05, 0.1) is 0 Å². The third-order valence-electron chi connectivity index (χ3n) is 0.905. The Bertz CT molecular complexity index is 150. The summed E-state index contributed by atoms with van der Waals surface area (Å²) in [5.74, 6) is 0. The molecule has 2 heteroatoms. The predicted octanol–water partition coefficient (Wildman–Crippen LogP) is 0.750. The maximum absolute atomic E-state index is 3.95. The molecule has 0 bridgehead atoms. The van der Waals surface area contributed by atoms with E-state index in [0.29, 0.717) is 0 Å². The van der Waals surface area contributed by atoms with Crippen LogP contribution >= 0.6 is 0 Å². The molecule has 0 aliphatic heterocycles. The number of pyridine rings is 1. The third kappa shape index (κ3) is 1.34. The molecule has 0 amide bonds. The van der Waals surface area contributed by atoms with Crippen molar-refractivity contribution in [3.63, 3.8) is 0 Å². The fraction of sp³-hybridized carbons (Fsp3) is 0.167. The van der Waals surface area contributed by atoms with E-state index >= 15 is 0 Å². The van der Waals surface area contributed by atoms with Gasteiger partial charge in [0.15, 0.2) is 0 Å². The normalized spacial score (nSPS) is 9.12. The molecule has 8 heavy (non-hydrogen) atoms. The van der Waals surface area contributed by atoms with Crippen LogP contribution in [0.2, 0.25) is 0 Å². The Morgan fingerprint density at radius 1 is 1.62 bits per heavy atom. The Balaban J connectivity index is 2.83. The van der Waals surface area contributed by atoms with E-state index in [-0.39, 0.29) is 0 Å². The molecular formula is C6H6AsN. The topological polar surface area (TPSA) is 12.9 Å². The molecule has 1 aromatic rings. The van der Waals surface area contributed by atoms with Crippen LogP contribution in [-0.4, -0.2) is 21.8 Å². The molecule has 0 spiro atoms. The van der Waals surface area contributed by atoms with Crippen molar-refractivity contribution in [1.29, 1.82) is 0 Å². The van der Waals surface area contributed by atoms with Crippen LogP contribution in [0.4, 0.5) is 0 Å². The Kier molecular flexibility index (Phi) is 2.10. The van der Waals surface area contributed by atoms with Gasteiger partial charge in [-0.3, -0.25) is 0 Å². The van der Waals surface area contributed by atoms with E-state index in [1.807, 2.05) is 12.3 Å². The monoisotopic (exact) mass is 167 g/mol. The summed E-state index contributed by atoms with van der Waals surface area (Å²) in [6, 6.07) is 4.01. The average molecular weight is 167 g/mol. The zero-order chi connectivity index (χ0) is 5.82. The molecular weight excluding hydrogens is 161 g/mol. The van der Waals surface area contributed by atoms with Crippen molar-refractivity contribution < 1.29 is 0 Å². The second-order valence-corrected chi connectivity index (χ2v) is 2.18. The SMILES string of the molecule is [As]Cc1cccnc1. The quantitative estimate of drug-likeness (QED) is 0.562. The summed E-state index contributed by atoms with van der Waals surface area (Å²) >= 11 is 2.52. The van der Waals surface area contributed by atoms with Crippen LogP contribution in [0.15, 0.2) is 24.5 Å². The molecule has 0 atom stereocenters. The number of rotatable bonds is 1. The molecule has 1 heterocycles. The summed E-state index contributed by atoms with van der Waals surface area (Å²) in [7, 11) is 0. The van der Waals surface area contributed by atoms with E-state index in [1.165, 1.54) is 5.56 Å². The third-order valence-corrected chi connectivity index (χ3v) is 1.67. The fourth-order valence-corrected chi connectivity index (χ4v) is 0.884. The van der Waals surface area contributed by atoms with Gasteiger partial charge in [-0.25, -0.2) is 0 Å². The van der Waals surface area contributed by atoms with E-state index < -0.39 is 0 Å². The van der Waals surface area contributed by atoms with Crippen LogP contribution in [-0.2, 0) is 5.21 Å². The number of hydrogen-bond acceptors (Lipinski definition) is 1. The van der Waals surface area contributed by atoms with Crippen molar-refractivity contribution in [1.82, 2.24) is 4.98 Å². The Hall–Kier alpha value is -0.292. The molecule has 1 rings (SSSR count). The van der Waals surface area contributed by atoms with Crippen LogP contribution in [0.25, 0.3) is 0 Å². The summed E-state index contributed by atoms with van der Waals surface area (Å²) < 4.78 is 0. The Labute approximate surface area is 57.6 Å². The van der Waals surface area contributed by atoms with Crippen molar-refractivity contribution in [3.05, 3.63) is 30.1 Å². The summed E-state index contributed by atoms with van der Waals surface area (Å²) in [6.45, 7) is 0. The fourth-order valence-electron chi connectivity index (χ4n) is 0.492.